The number of nitrogens with zero attached hydrogens (tertiary/aromatic N) is 2. The van der Waals surface area contributed by atoms with Crippen LogP contribution < -0.4 is 5.32 Å². The van der Waals surface area contributed by atoms with E-state index in [1.165, 1.54) is 11.3 Å². The van der Waals surface area contributed by atoms with Crippen molar-refractivity contribution in [3.8, 4) is 16.3 Å². The van der Waals surface area contributed by atoms with Crippen molar-refractivity contribution in [1.29, 1.82) is 0 Å². The van der Waals surface area contributed by atoms with E-state index in [2.05, 4.69) is 21.4 Å². The number of hydrogen-bond donors (Lipinski definition) is 2. The molecule has 7 heteroatoms. The highest BCUT2D eigenvalue weighted by atomic mass is 35.5. The van der Waals surface area contributed by atoms with Gasteiger partial charge in [0.1, 0.15) is 10.8 Å². The molecule has 2 heterocycles. The van der Waals surface area contributed by atoms with Gasteiger partial charge in [0.25, 0.3) is 0 Å². The number of hydrogen-bond acceptors (Lipinski definition) is 6. The molecule has 0 aliphatic carbocycles. The molecular formula is C17H12ClN3OS2. The minimum absolute atomic E-state index is 0.248. The van der Waals surface area contributed by atoms with Crippen LogP contribution in [-0.2, 0) is 6.54 Å². The lowest BCUT2D eigenvalue weighted by atomic mass is 10.2. The fourth-order valence-electron chi connectivity index (χ4n) is 2.35. The number of aromatic hydroxyl groups is 1. The number of thiazole rings is 2. The van der Waals surface area contributed by atoms with Crippen molar-refractivity contribution < 1.29 is 5.11 Å². The summed E-state index contributed by atoms with van der Waals surface area (Å²) in [5, 5.41) is 13.9. The SMILES string of the molecule is Oc1cccc(-c2nc3ccc(NCc4cnc(Cl)s4)cc3s2)c1. The number of fused-ring (bicyclic) bond motifs is 1. The van der Waals surface area contributed by atoms with E-state index in [0.29, 0.717) is 11.0 Å². The fourth-order valence-corrected chi connectivity index (χ4v) is 4.27. The van der Waals surface area contributed by atoms with E-state index in [1.54, 1.807) is 29.7 Å². The molecule has 120 valence electrons. The first-order valence-corrected chi connectivity index (χ1v) is 9.22. The molecule has 0 unspecified atom stereocenters. The second kappa shape index (κ2) is 6.39. The summed E-state index contributed by atoms with van der Waals surface area (Å²) in [6, 6.07) is 13.3. The summed E-state index contributed by atoms with van der Waals surface area (Å²) in [4.78, 5) is 9.77. The molecule has 0 saturated carbocycles. The molecule has 0 saturated heterocycles. The largest absolute Gasteiger partial charge is 0.508 e. The molecule has 4 rings (SSSR count). The Hall–Kier alpha value is -2.15. The molecule has 0 fully saturated rings. The predicted molar refractivity (Wildman–Crippen MR) is 101 cm³/mol. The third-order valence-electron chi connectivity index (χ3n) is 3.47. The van der Waals surface area contributed by atoms with Gasteiger partial charge >= 0.3 is 0 Å². The first-order valence-electron chi connectivity index (χ1n) is 7.21. The maximum Gasteiger partial charge on any atom is 0.183 e. The molecule has 4 nitrogen and oxygen atoms in total. The second-order valence-electron chi connectivity index (χ2n) is 5.18. The van der Waals surface area contributed by atoms with E-state index >= 15 is 0 Å². The van der Waals surface area contributed by atoms with Gasteiger partial charge in [-0.1, -0.05) is 23.7 Å². The molecule has 2 aromatic heterocycles. The Morgan fingerprint density at radius 3 is 2.83 bits per heavy atom. The number of rotatable bonds is 4. The van der Waals surface area contributed by atoms with Gasteiger partial charge in [-0.3, -0.25) is 0 Å². The summed E-state index contributed by atoms with van der Waals surface area (Å²) in [5.74, 6) is 0.248. The molecule has 2 aromatic carbocycles. The first-order chi connectivity index (χ1) is 11.7. The summed E-state index contributed by atoms with van der Waals surface area (Å²) < 4.78 is 1.65. The number of halogens is 1. The molecule has 24 heavy (non-hydrogen) atoms. The van der Waals surface area contributed by atoms with Gasteiger partial charge in [-0.15, -0.1) is 22.7 Å². The normalized spacial score (nSPS) is 11.0. The Bertz CT molecular complexity index is 1010. The van der Waals surface area contributed by atoms with Gasteiger partial charge in [-0.25, -0.2) is 9.97 Å². The summed E-state index contributed by atoms with van der Waals surface area (Å²) in [7, 11) is 0. The van der Waals surface area contributed by atoms with Gasteiger partial charge in [0, 0.05) is 22.3 Å². The van der Waals surface area contributed by atoms with Crippen LogP contribution in [0.15, 0.2) is 48.7 Å². The van der Waals surface area contributed by atoms with Crippen LogP contribution in [0.3, 0.4) is 0 Å². The van der Waals surface area contributed by atoms with Crippen molar-refractivity contribution in [3.63, 3.8) is 0 Å². The molecule has 0 amide bonds. The molecule has 0 spiro atoms. The van der Waals surface area contributed by atoms with E-state index in [0.717, 1.165) is 31.4 Å². The molecule has 0 radical (unpaired) electrons. The van der Waals surface area contributed by atoms with Crippen molar-refractivity contribution in [2.24, 2.45) is 0 Å². The number of benzene rings is 2. The van der Waals surface area contributed by atoms with Crippen molar-refractivity contribution in [1.82, 2.24) is 9.97 Å². The zero-order valence-electron chi connectivity index (χ0n) is 12.4. The van der Waals surface area contributed by atoms with E-state index in [-0.39, 0.29) is 5.75 Å². The molecule has 0 atom stereocenters. The maximum atomic E-state index is 9.63. The van der Waals surface area contributed by atoms with Gasteiger partial charge in [0.15, 0.2) is 4.47 Å². The van der Waals surface area contributed by atoms with E-state index in [4.69, 9.17) is 11.6 Å². The smallest absolute Gasteiger partial charge is 0.183 e. The van der Waals surface area contributed by atoms with Crippen LogP contribution in [0.25, 0.3) is 20.8 Å². The molecule has 0 aliphatic heterocycles. The lowest BCUT2D eigenvalue weighted by molar-refractivity contribution is 0.475. The molecule has 0 bridgehead atoms. The van der Waals surface area contributed by atoms with Crippen LogP contribution in [0.1, 0.15) is 4.88 Å². The fraction of sp³-hybridized carbons (Fsp3) is 0.0588. The topological polar surface area (TPSA) is 58.0 Å². The minimum atomic E-state index is 0.248. The highest BCUT2D eigenvalue weighted by molar-refractivity contribution is 7.21. The van der Waals surface area contributed by atoms with Crippen molar-refractivity contribution >= 4 is 50.2 Å². The quantitative estimate of drug-likeness (QED) is 0.503. The van der Waals surface area contributed by atoms with Gasteiger partial charge in [0.2, 0.25) is 0 Å². The van der Waals surface area contributed by atoms with Gasteiger partial charge in [-0.2, -0.15) is 0 Å². The van der Waals surface area contributed by atoms with Crippen molar-refractivity contribution in [2.45, 2.75) is 6.54 Å². The Kier molecular flexibility index (Phi) is 4.10. The second-order valence-corrected chi connectivity index (χ2v) is 7.91. The lowest BCUT2D eigenvalue weighted by Gasteiger charge is -2.03. The van der Waals surface area contributed by atoms with Gasteiger partial charge in [-0.05, 0) is 30.3 Å². The minimum Gasteiger partial charge on any atom is -0.508 e. The third-order valence-corrected chi connectivity index (χ3v) is 5.66. The number of aromatic nitrogens is 2. The van der Waals surface area contributed by atoms with E-state index in [1.807, 2.05) is 24.3 Å². The average Bonchev–Trinajstić information content (AvgIpc) is 3.18. The number of anilines is 1. The van der Waals surface area contributed by atoms with Crippen LogP contribution in [-0.4, -0.2) is 15.1 Å². The van der Waals surface area contributed by atoms with Crippen molar-refractivity contribution in [3.05, 3.63) is 58.0 Å². The van der Waals surface area contributed by atoms with Crippen LogP contribution in [0.5, 0.6) is 5.75 Å². The van der Waals surface area contributed by atoms with Crippen LogP contribution >= 0.6 is 34.3 Å². The highest BCUT2D eigenvalue weighted by Crippen LogP contribution is 2.33. The van der Waals surface area contributed by atoms with Crippen LogP contribution in [0, 0.1) is 0 Å². The Morgan fingerprint density at radius 2 is 2.04 bits per heavy atom. The zero-order chi connectivity index (χ0) is 16.5. The van der Waals surface area contributed by atoms with E-state index in [9.17, 15) is 5.11 Å². The summed E-state index contributed by atoms with van der Waals surface area (Å²) in [5.41, 5.74) is 2.90. The molecule has 2 N–H and O–H groups in total. The number of phenols is 1. The van der Waals surface area contributed by atoms with Crippen molar-refractivity contribution in [2.75, 3.05) is 5.32 Å². The Morgan fingerprint density at radius 1 is 1.12 bits per heavy atom. The van der Waals surface area contributed by atoms with Crippen LogP contribution in [0.4, 0.5) is 5.69 Å². The highest BCUT2D eigenvalue weighted by Gasteiger charge is 2.08. The summed E-state index contributed by atoms with van der Waals surface area (Å²) in [6.45, 7) is 0.689. The zero-order valence-corrected chi connectivity index (χ0v) is 14.8. The maximum absolute atomic E-state index is 9.63. The molecule has 0 aliphatic rings. The van der Waals surface area contributed by atoms with E-state index < -0.39 is 0 Å². The predicted octanol–water partition coefficient (Wildman–Crippen LogP) is 5.39. The van der Waals surface area contributed by atoms with Gasteiger partial charge in [0.05, 0.1) is 16.8 Å². The first kappa shape index (κ1) is 15.4. The Balaban J connectivity index is 1.59. The monoisotopic (exact) mass is 373 g/mol. The number of nitrogens with one attached hydrogen (secondary N) is 1. The standard InChI is InChI=1S/C17H12ClN3OS2/c18-17-20-9-13(23-17)8-19-11-4-5-14-15(7-11)24-16(21-14)10-2-1-3-12(22)6-10/h1-7,9,19,22H,8H2. The number of phenolic OH excluding ortho intramolecular Hbond substituents is 1. The van der Waals surface area contributed by atoms with Gasteiger partial charge < -0.3 is 10.4 Å². The van der Waals surface area contributed by atoms with Crippen LogP contribution in [0.2, 0.25) is 4.47 Å². The third kappa shape index (κ3) is 3.21. The molecule has 4 aromatic rings. The molecular weight excluding hydrogens is 362 g/mol. The average molecular weight is 374 g/mol. The Labute approximate surface area is 151 Å². The summed E-state index contributed by atoms with van der Waals surface area (Å²) in [6.07, 6.45) is 1.78. The summed E-state index contributed by atoms with van der Waals surface area (Å²) >= 11 is 8.93. The lowest BCUT2D eigenvalue weighted by Crippen LogP contribution is -1.96.